The molecule has 0 bridgehead atoms. The Bertz CT molecular complexity index is 558. The molecular weight excluding hydrogens is 296 g/mol. The van der Waals surface area contributed by atoms with Crippen molar-refractivity contribution in [1.82, 2.24) is 9.97 Å². The van der Waals surface area contributed by atoms with Crippen molar-refractivity contribution >= 4 is 21.7 Å². The maximum absolute atomic E-state index is 12.0. The molecule has 4 nitrogen and oxygen atoms in total. The first-order chi connectivity index (χ1) is 8.70. The Morgan fingerprint density at radius 1 is 1.39 bits per heavy atom. The van der Waals surface area contributed by atoms with Gasteiger partial charge in [0.15, 0.2) is 5.78 Å². The molecule has 0 amide bonds. The minimum absolute atomic E-state index is 0.00106. The summed E-state index contributed by atoms with van der Waals surface area (Å²) in [7, 11) is 1.58. The predicted octanol–water partition coefficient (Wildman–Crippen LogP) is 2.67. The quantitative estimate of drug-likeness (QED) is 0.815. The Balaban J connectivity index is 2.17. The number of carbonyl (C=O) groups excluding carboxylic acids is 1. The minimum Gasteiger partial charge on any atom is -0.496 e. The third-order valence-corrected chi connectivity index (χ3v) is 3.05. The van der Waals surface area contributed by atoms with Gasteiger partial charge < -0.3 is 4.74 Å². The average molecular weight is 307 g/mol. The lowest BCUT2D eigenvalue weighted by molar-refractivity contribution is 0.0991. The Morgan fingerprint density at radius 3 is 2.83 bits per heavy atom. The van der Waals surface area contributed by atoms with Gasteiger partial charge in [0.2, 0.25) is 0 Å². The van der Waals surface area contributed by atoms with Gasteiger partial charge in [-0.15, -0.1) is 0 Å². The minimum atomic E-state index is -0.00106. The fourth-order valence-electron chi connectivity index (χ4n) is 1.53. The predicted molar refractivity (Wildman–Crippen MR) is 70.8 cm³/mol. The van der Waals surface area contributed by atoms with E-state index in [1.54, 1.807) is 43.9 Å². The molecule has 1 heterocycles. The first kappa shape index (κ1) is 12.7. The molecule has 92 valence electrons. The largest absolute Gasteiger partial charge is 0.496 e. The summed E-state index contributed by atoms with van der Waals surface area (Å²) >= 11 is 3.36. The normalized spacial score (nSPS) is 10.1. The molecule has 0 aliphatic carbocycles. The molecule has 0 aliphatic rings. The zero-order chi connectivity index (χ0) is 13.0. The number of Topliss-reactive ketones (excluding diaryl/α,β-unsaturated/α-hetero) is 1. The number of hydrogen-bond acceptors (Lipinski definition) is 4. The molecular formula is C13H11BrN2O2. The Morgan fingerprint density at radius 2 is 2.22 bits per heavy atom. The van der Waals surface area contributed by atoms with Crippen molar-refractivity contribution < 1.29 is 9.53 Å². The number of ether oxygens (including phenoxy) is 1. The Hall–Kier alpha value is -1.75. The smallest absolute Gasteiger partial charge is 0.168 e. The van der Waals surface area contributed by atoms with Crippen molar-refractivity contribution in [1.29, 1.82) is 0 Å². The number of carbonyl (C=O) groups is 1. The molecule has 0 aliphatic heterocycles. The van der Waals surface area contributed by atoms with Crippen LogP contribution in [0.3, 0.4) is 0 Å². The van der Waals surface area contributed by atoms with Gasteiger partial charge in [-0.1, -0.05) is 0 Å². The number of nitrogens with zero attached hydrogens (tertiary/aromatic N) is 2. The van der Waals surface area contributed by atoms with Crippen molar-refractivity contribution in [3.8, 4) is 5.75 Å². The summed E-state index contributed by atoms with van der Waals surface area (Å²) in [6.07, 6.45) is 4.99. The summed E-state index contributed by atoms with van der Waals surface area (Å²) < 4.78 is 5.88. The van der Waals surface area contributed by atoms with Crippen LogP contribution in [0.15, 0.2) is 41.3 Å². The van der Waals surface area contributed by atoms with Gasteiger partial charge in [0.25, 0.3) is 0 Å². The highest BCUT2D eigenvalue weighted by atomic mass is 79.9. The van der Waals surface area contributed by atoms with Crippen LogP contribution in [0, 0.1) is 0 Å². The van der Waals surface area contributed by atoms with E-state index in [-0.39, 0.29) is 12.2 Å². The van der Waals surface area contributed by atoms with Crippen LogP contribution in [0.4, 0.5) is 0 Å². The second-order valence-corrected chi connectivity index (χ2v) is 4.50. The molecule has 18 heavy (non-hydrogen) atoms. The summed E-state index contributed by atoms with van der Waals surface area (Å²) in [6, 6.07) is 5.24. The van der Waals surface area contributed by atoms with Crippen LogP contribution >= 0.6 is 15.9 Å². The highest BCUT2D eigenvalue weighted by molar-refractivity contribution is 9.10. The zero-order valence-electron chi connectivity index (χ0n) is 9.76. The van der Waals surface area contributed by atoms with E-state index in [0.717, 1.165) is 4.47 Å². The molecule has 0 unspecified atom stereocenters. The number of halogens is 1. The van der Waals surface area contributed by atoms with Gasteiger partial charge in [-0.3, -0.25) is 14.8 Å². The number of rotatable bonds is 4. The fourth-order valence-corrected chi connectivity index (χ4v) is 2.07. The lowest BCUT2D eigenvalue weighted by Gasteiger charge is -2.05. The lowest BCUT2D eigenvalue weighted by atomic mass is 10.1. The lowest BCUT2D eigenvalue weighted by Crippen LogP contribution is -2.05. The van der Waals surface area contributed by atoms with Gasteiger partial charge in [0.1, 0.15) is 5.75 Å². The van der Waals surface area contributed by atoms with E-state index in [4.69, 9.17) is 4.74 Å². The number of ketones is 1. The SMILES string of the molecule is COc1ccc(C(=O)Cc2cnccn2)cc1Br. The second-order valence-electron chi connectivity index (χ2n) is 3.65. The molecule has 0 radical (unpaired) electrons. The Kier molecular flexibility index (Phi) is 4.04. The van der Waals surface area contributed by atoms with Gasteiger partial charge >= 0.3 is 0 Å². The highest BCUT2D eigenvalue weighted by Crippen LogP contribution is 2.25. The van der Waals surface area contributed by atoms with Gasteiger partial charge in [-0.05, 0) is 34.1 Å². The van der Waals surface area contributed by atoms with E-state index in [1.165, 1.54) is 0 Å². The van der Waals surface area contributed by atoms with E-state index in [1.807, 2.05) is 0 Å². The molecule has 2 aromatic rings. The maximum Gasteiger partial charge on any atom is 0.168 e. The molecule has 0 atom stereocenters. The van der Waals surface area contributed by atoms with Crippen LogP contribution < -0.4 is 4.74 Å². The van der Waals surface area contributed by atoms with Crippen LogP contribution in [-0.4, -0.2) is 22.9 Å². The van der Waals surface area contributed by atoms with Crippen molar-refractivity contribution in [3.63, 3.8) is 0 Å². The van der Waals surface area contributed by atoms with E-state index >= 15 is 0 Å². The number of methoxy groups -OCH3 is 1. The maximum atomic E-state index is 12.0. The van der Waals surface area contributed by atoms with Crippen molar-refractivity contribution in [3.05, 3.63) is 52.5 Å². The van der Waals surface area contributed by atoms with Crippen molar-refractivity contribution in [2.45, 2.75) is 6.42 Å². The fraction of sp³-hybridized carbons (Fsp3) is 0.154. The van der Waals surface area contributed by atoms with E-state index in [9.17, 15) is 4.79 Å². The second kappa shape index (κ2) is 5.73. The molecule has 0 saturated carbocycles. The Labute approximate surface area is 113 Å². The number of aromatic nitrogens is 2. The third-order valence-electron chi connectivity index (χ3n) is 2.43. The number of benzene rings is 1. The number of hydrogen-bond donors (Lipinski definition) is 0. The van der Waals surface area contributed by atoms with Crippen molar-refractivity contribution in [2.75, 3.05) is 7.11 Å². The topological polar surface area (TPSA) is 52.1 Å². The van der Waals surface area contributed by atoms with Gasteiger partial charge in [-0.25, -0.2) is 0 Å². The molecule has 0 N–H and O–H groups in total. The summed E-state index contributed by atoms with van der Waals surface area (Å²) in [5, 5.41) is 0. The van der Waals surface area contributed by atoms with Crippen LogP contribution in [0.25, 0.3) is 0 Å². The van der Waals surface area contributed by atoms with Crippen LogP contribution in [-0.2, 0) is 6.42 Å². The highest BCUT2D eigenvalue weighted by Gasteiger charge is 2.10. The summed E-state index contributed by atoms with van der Waals surface area (Å²) in [5.74, 6) is 0.699. The zero-order valence-corrected chi connectivity index (χ0v) is 11.3. The average Bonchev–Trinajstić information content (AvgIpc) is 2.39. The first-order valence-electron chi connectivity index (χ1n) is 5.32. The van der Waals surface area contributed by atoms with Gasteiger partial charge in [0.05, 0.1) is 23.7 Å². The van der Waals surface area contributed by atoms with E-state index in [0.29, 0.717) is 17.0 Å². The molecule has 0 fully saturated rings. The monoisotopic (exact) mass is 306 g/mol. The molecule has 1 aromatic carbocycles. The molecule has 0 spiro atoms. The van der Waals surface area contributed by atoms with Gasteiger partial charge in [-0.2, -0.15) is 0 Å². The van der Waals surface area contributed by atoms with Crippen LogP contribution in [0.2, 0.25) is 0 Å². The molecule has 1 aromatic heterocycles. The first-order valence-corrected chi connectivity index (χ1v) is 6.11. The van der Waals surface area contributed by atoms with Crippen molar-refractivity contribution in [2.24, 2.45) is 0 Å². The summed E-state index contributed by atoms with van der Waals surface area (Å²) in [5.41, 5.74) is 1.28. The molecule has 0 saturated heterocycles. The van der Waals surface area contributed by atoms with Gasteiger partial charge in [0, 0.05) is 24.2 Å². The molecule has 5 heteroatoms. The standard InChI is InChI=1S/C13H11BrN2O2/c1-18-13-3-2-9(6-11(13)14)12(17)7-10-8-15-4-5-16-10/h2-6,8H,7H2,1H3. The van der Waals surface area contributed by atoms with Crippen LogP contribution in [0.5, 0.6) is 5.75 Å². The van der Waals surface area contributed by atoms with Crippen LogP contribution in [0.1, 0.15) is 16.1 Å². The summed E-state index contributed by atoms with van der Waals surface area (Å²) in [6.45, 7) is 0. The van der Waals surface area contributed by atoms with E-state index < -0.39 is 0 Å². The third kappa shape index (κ3) is 2.92. The molecule has 2 rings (SSSR count). The summed E-state index contributed by atoms with van der Waals surface area (Å²) in [4.78, 5) is 20.0. The van der Waals surface area contributed by atoms with E-state index in [2.05, 4.69) is 25.9 Å².